The Balaban J connectivity index is 2.47. The van der Waals surface area contributed by atoms with E-state index in [0.717, 1.165) is 0 Å². The minimum Gasteiger partial charge on any atom is -0.398 e. The first-order chi connectivity index (χ1) is 9.70. The number of nitrogen functional groups attached to an aromatic ring is 1. The van der Waals surface area contributed by atoms with Crippen LogP contribution in [0.15, 0.2) is 44.2 Å². The van der Waals surface area contributed by atoms with Crippen molar-refractivity contribution in [3.8, 4) is 0 Å². The third kappa shape index (κ3) is 3.71. The molecule has 0 saturated carbocycles. The van der Waals surface area contributed by atoms with Crippen LogP contribution in [0.4, 0.5) is 11.4 Å². The van der Waals surface area contributed by atoms with Gasteiger partial charge in [-0.05, 0) is 58.7 Å². The van der Waals surface area contributed by atoms with Crippen LogP contribution in [-0.4, -0.2) is 8.42 Å². The quantitative estimate of drug-likeness (QED) is 0.668. The molecule has 21 heavy (non-hydrogen) atoms. The second-order valence-corrected chi connectivity index (χ2v) is 8.20. The van der Waals surface area contributed by atoms with Gasteiger partial charge in [0.05, 0.1) is 16.4 Å². The van der Waals surface area contributed by atoms with Gasteiger partial charge in [-0.1, -0.05) is 27.5 Å². The maximum absolute atomic E-state index is 12.5. The van der Waals surface area contributed by atoms with Crippen LogP contribution in [0.25, 0.3) is 0 Å². The monoisotopic (exact) mass is 452 g/mol. The van der Waals surface area contributed by atoms with Gasteiger partial charge in [0.1, 0.15) is 4.90 Å². The van der Waals surface area contributed by atoms with Gasteiger partial charge < -0.3 is 5.73 Å². The molecule has 0 aliphatic rings. The summed E-state index contributed by atoms with van der Waals surface area (Å²) in [6.45, 7) is 1.75. The predicted octanol–water partition coefficient (Wildman–Crippen LogP) is 4.56. The van der Waals surface area contributed by atoms with Crippen molar-refractivity contribution in [3.05, 3.63) is 49.9 Å². The van der Waals surface area contributed by atoms with Gasteiger partial charge in [0, 0.05) is 8.95 Å². The summed E-state index contributed by atoms with van der Waals surface area (Å²) in [6, 6.07) is 8.03. The lowest BCUT2D eigenvalue weighted by Gasteiger charge is -2.13. The largest absolute Gasteiger partial charge is 0.398 e. The molecule has 3 N–H and O–H groups in total. The molecule has 0 radical (unpaired) electrons. The number of halogens is 3. The highest BCUT2D eigenvalue weighted by Crippen LogP contribution is 2.31. The zero-order valence-electron chi connectivity index (χ0n) is 10.8. The molecule has 4 nitrogen and oxygen atoms in total. The molecule has 0 bridgehead atoms. The Bertz CT molecular complexity index is 810. The number of sulfonamides is 1. The van der Waals surface area contributed by atoms with Gasteiger partial charge in [-0.3, -0.25) is 4.72 Å². The summed E-state index contributed by atoms with van der Waals surface area (Å²) in [5.74, 6) is 0. The van der Waals surface area contributed by atoms with Gasteiger partial charge in [0.15, 0.2) is 0 Å². The summed E-state index contributed by atoms with van der Waals surface area (Å²) in [6.07, 6.45) is 0. The Morgan fingerprint density at radius 3 is 2.52 bits per heavy atom. The van der Waals surface area contributed by atoms with Crippen LogP contribution in [0.1, 0.15) is 5.56 Å². The third-order valence-corrected chi connectivity index (χ3v) is 5.95. The Morgan fingerprint density at radius 1 is 1.19 bits per heavy atom. The lowest BCUT2D eigenvalue weighted by molar-refractivity contribution is 0.600. The third-order valence-electron chi connectivity index (χ3n) is 2.77. The van der Waals surface area contributed by atoms with Gasteiger partial charge in [0.25, 0.3) is 10.0 Å². The van der Waals surface area contributed by atoms with Crippen molar-refractivity contribution in [3.63, 3.8) is 0 Å². The van der Waals surface area contributed by atoms with E-state index >= 15 is 0 Å². The minimum atomic E-state index is -3.74. The normalized spacial score (nSPS) is 11.4. The molecule has 0 aliphatic carbocycles. The van der Waals surface area contributed by atoms with Gasteiger partial charge >= 0.3 is 0 Å². The predicted molar refractivity (Wildman–Crippen MR) is 93.3 cm³/mol. The van der Waals surface area contributed by atoms with E-state index in [1.807, 2.05) is 0 Å². The van der Waals surface area contributed by atoms with Crippen LogP contribution < -0.4 is 10.5 Å². The highest BCUT2D eigenvalue weighted by molar-refractivity contribution is 9.11. The SMILES string of the molecule is Cc1cc(N)c(Cl)cc1NS(=O)(=O)c1cc(Br)ccc1Br. The Kier molecular flexibility index (Phi) is 4.87. The molecular weight excluding hydrogens is 443 g/mol. The summed E-state index contributed by atoms with van der Waals surface area (Å²) >= 11 is 12.4. The number of nitrogens with two attached hydrogens (primary N) is 1. The number of anilines is 2. The highest BCUT2D eigenvalue weighted by atomic mass is 79.9. The van der Waals surface area contributed by atoms with Crippen LogP contribution in [0, 0.1) is 6.92 Å². The molecule has 0 amide bonds. The number of benzene rings is 2. The second kappa shape index (κ2) is 6.16. The molecule has 0 heterocycles. The average Bonchev–Trinajstić information content (AvgIpc) is 2.38. The molecule has 0 atom stereocenters. The molecule has 0 aromatic heterocycles. The summed E-state index contributed by atoms with van der Waals surface area (Å²) in [5, 5.41) is 0.298. The van der Waals surface area contributed by atoms with Crippen molar-refractivity contribution >= 4 is 64.9 Å². The fraction of sp³-hybridized carbons (Fsp3) is 0.0769. The molecule has 0 spiro atoms. The zero-order chi connectivity index (χ0) is 15.8. The lowest BCUT2D eigenvalue weighted by Crippen LogP contribution is -2.14. The maximum atomic E-state index is 12.5. The zero-order valence-corrected chi connectivity index (χ0v) is 15.6. The smallest absolute Gasteiger partial charge is 0.263 e. The molecule has 0 aliphatic heterocycles. The van der Waals surface area contributed by atoms with E-state index in [2.05, 4.69) is 36.6 Å². The van der Waals surface area contributed by atoms with Gasteiger partial charge in [-0.2, -0.15) is 0 Å². The lowest BCUT2D eigenvalue weighted by atomic mass is 10.2. The first-order valence-corrected chi connectivity index (χ1v) is 9.19. The van der Waals surface area contributed by atoms with E-state index in [4.69, 9.17) is 17.3 Å². The van der Waals surface area contributed by atoms with Crippen molar-refractivity contribution in [2.45, 2.75) is 11.8 Å². The standard InChI is InChI=1S/C13H11Br2ClN2O2S/c1-7-4-11(17)10(16)6-12(7)18-21(19,20)13-5-8(14)2-3-9(13)15/h2-6,18H,17H2,1H3. The molecule has 2 rings (SSSR count). The van der Waals surface area contributed by atoms with E-state index in [9.17, 15) is 8.42 Å². The van der Waals surface area contributed by atoms with Gasteiger partial charge in [-0.15, -0.1) is 0 Å². The fourth-order valence-electron chi connectivity index (χ4n) is 1.70. The molecule has 2 aromatic rings. The Hall–Kier alpha value is -0.760. The van der Waals surface area contributed by atoms with Gasteiger partial charge in [-0.25, -0.2) is 8.42 Å². The summed E-state index contributed by atoms with van der Waals surface area (Å²) in [7, 11) is -3.74. The van der Waals surface area contributed by atoms with Crippen LogP contribution >= 0.6 is 43.5 Å². The van der Waals surface area contributed by atoms with E-state index in [1.54, 1.807) is 25.1 Å². The summed E-state index contributed by atoms with van der Waals surface area (Å²) in [4.78, 5) is 0.129. The van der Waals surface area contributed by atoms with Gasteiger partial charge in [0.2, 0.25) is 0 Å². The van der Waals surface area contributed by atoms with Crippen LogP contribution in [0.5, 0.6) is 0 Å². The van der Waals surface area contributed by atoms with E-state index in [1.165, 1.54) is 12.1 Å². The van der Waals surface area contributed by atoms with Crippen LogP contribution in [0.3, 0.4) is 0 Å². The number of nitrogens with one attached hydrogen (secondary N) is 1. The summed E-state index contributed by atoms with van der Waals surface area (Å²) in [5.41, 5.74) is 7.17. The molecular formula is C13H11Br2ClN2O2S. The Labute approximate surface area is 145 Å². The Morgan fingerprint density at radius 2 is 1.86 bits per heavy atom. The van der Waals surface area contributed by atoms with Crippen molar-refractivity contribution < 1.29 is 8.42 Å². The van der Waals surface area contributed by atoms with Crippen molar-refractivity contribution in [2.24, 2.45) is 0 Å². The minimum absolute atomic E-state index is 0.129. The van der Waals surface area contributed by atoms with Crippen molar-refractivity contribution in [1.82, 2.24) is 0 Å². The highest BCUT2D eigenvalue weighted by Gasteiger charge is 2.19. The topological polar surface area (TPSA) is 72.2 Å². The number of rotatable bonds is 3. The average molecular weight is 455 g/mol. The van der Waals surface area contributed by atoms with E-state index in [-0.39, 0.29) is 4.90 Å². The summed E-state index contributed by atoms with van der Waals surface area (Å²) < 4.78 is 28.6. The molecule has 2 aromatic carbocycles. The maximum Gasteiger partial charge on any atom is 0.263 e. The number of aryl methyl sites for hydroxylation is 1. The van der Waals surface area contributed by atoms with E-state index < -0.39 is 10.0 Å². The number of hydrogen-bond donors (Lipinski definition) is 2. The second-order valence-electron chi connectivity index (χ2n) is 4.37. The van der Waals surface area contributed by atoms with Crippen LogP contribution in [0.2, 0.25) is 5.02 Å². The molecule has 0 unspecified atom stereocenters. The first kappa shape index (κ1) is 16.6. The molecule has 0 saturated heterocycles. The van der Waals surface area contributed by atoms with E-state index in [0.29, 0.717) is 30.9 Å². The fourth-order valence-corrected chi connectivity index (χ4v) is 4.49. The number of hydrogen-bond acceptors (Lipinski definition) is 3. The molecule has 112 valence electrons. The molecule has 0 fully saturated rings. The van der Waals surface area contributed by atoms with Crippen LogP contribution in [-0.2, 0) is 10.0 Å². The van der Waals surface area contributed by atoms with Crippen molar-refractivity contribution in [2.75, 3.05) is 10.5 Å². The molecule has 8 heteroatoms. The first-order valence-electron chi connectivity index (χ1n) is 5.74. The van der Waals surface area contributed by atoms with Crippen molar-refractivity contribution in [1.29, 1.82) is 0 Å².